The minimum absolute atomic E-state index is 0.0256. The molecular formula is C31H31N3O2. The fraction of sp³-hybridized carbons (Fsp3) is 0.226. The number of anilines is 2. The molecule has 3 aromatic carbocycles. The molecule has 1 aliphatic rings. The van der Waals surface area contributed by atoms with Crippen LogP contribution < -0.4 is 10.2 Å². The molecule has 4 aromatic rings. The summed E-state index contributed by atoms with van der Waals surface area (Å²) in [7, 11) is 0. The number of carbonyl (C=O) groups is 1. The number of carbonyl (C=O) groups excluding carboxylic acids is 1. The van der Waals surface area contributed by atoms with Crippen molar-refractivity contribution in [1.82, 2.24) is 4.98 Å². The van der Waals surface area contributed by atoms with E-state index in [0.29, 0.717) is 0 Å². The van der Waals surface area contributed by atoms with Crippen LogP contribution in [0.15, 0.2) is 91.1 Å². The third-order valence-corrected chi connectivity index (χ3v) is 6.74. The Hall–Kier alpha value is -3.96. The predicted octanol–water partition coefficient (Wildman–Crippen LogP) is 6.30. The Bertz CT molecular complexity index is 1330. The van der Waals surface area contributed by atoms with Crippen LogP contribution >= 0.6 is 0 Å². The molecule has 2 heterocycles. The van der Waals surface area contributed by atoms with Gasteiger partial charge in [0.25, 0.3) is 0 Å². The molecule has 5 heteroatoms. The van der Waals surface area contributed by atoms with E-state index >= 15 is 0 Å². The number of rotatable bonds is 6. The molecule has 182 valence electrons. The normalized spacial score (nSPS) is 14.3. The summed E-state index contributed by atoms with van der Waals surface area (Å²) in [5, 5.41) is 3.07. The molecule has 1 aliphatic heterocycles. The van der Waals surface area contributed by atoms with Gasteiger partial charge < -0.3 is 15.0 Å². The van der Waals surface area contributed by atoms with Gasteiger partial charge in [0.2, 0.25) is 5.91 Å². The molecule has 1 amide bonds. The van der Waals surface area contributed by atoms with Crippen LogP contribution in [0.2, 0.25) is 0 Å². The minimum Gasteiger partial charge on any atom is -0.378 e. The van der Waals surface area contributed by atoms with Gasteiger partial charge >= 0.3 is 0 Å². The minimum atomic E-state index is -0.278. The van der Waals surface area contributed by atoms with Crippen LogP contribution in [0.1, 0.15) is 24.1 Å². The highest BCUT2D eigenvalue weighted by Gasteiger charge is 2.17. The van der Waals surface area contributed by atoms with E-state index < -0.39 is 0 Å². The Labute approximate surface area is 212 Å². The average Bonchev–Trinajstić information content (AvgIpc) is 2.94. The van der Waals surface area contributed by atoms with E-state index in [4.69, 9.17) is 4.74 Å². The average molecular weight is 478 g/mol. The van der Waals surface area contributed by atoms with Crippen LogP contribution in [0.5, 0.6) is 0 Å². The van der Waals surface area contributed by atoms with E-state index in [-0.39, 0.29) is 11.8 Å². The van der Waals surface area contributed by atoms with Crippen molar-refractivity contribution in [2.45, 2.75) is 19.8 Å². The van der Waals surface area contributed by atoms with Gasteiger partial charge in [-0.15, -0.1) is 0 Å². The number of hydrogen-bond acceptors (Lipinski definition) is 4. The molecule has 1 saturated heterocycles. The zero-order chi connectivity index (χ0) is 24.9. The van der Waals surface area contributed by atoms with E-state index in [0.717, 1.165) is 65.5 Å². The second kappa shape index (κ2) is 10.8. The number of hydrogen-bond donors (Lipinski definition) is 1. The molecule has 1 atom stereocenters. The molecule has 5 rings (SSSR count). The van der Waals surface area contributed by atoms with Gasteiger partial charge in [0, 0.05) is 36.4 Å². The Morgan fingerprint density at radius 3 is 2.22 bits per heavy atom. The lowest BCUT2D eigenvalue weighted by atomic mass is 9.95. The monoisotopic (exact) mass is 477 g/mol. The van der Waals surface area contributed by atoms with Crippen molar-refractivity contribution in [1.29, 1.82) is 0 Å². The van der Waals surface area contributed by atoms with Crippen LogP contribution in [0.4, 0.5) is 11.4 Å². The lowest BCUT2D eigenvalue weighted by Crippen LogP contribution is -2.36. The lowest BCUT2D eigenvalue weighted by Gasteiger charge is -2.29. The second-order valence-electron chi connectivity index (χ2n) is 9.25. The maximum atomic E-state index is 13.0. The molecule has 0 saturated carbocycles. The van der Waals surface area contributed by atoms with E-state index in [2.05, 4.69) is 57.7 Å². The van der Waals surface area contributed by atoms with E-state index in [1.54, 1.807) is 0 Å². The fourth-order valence-corrected chi connectivity index (χ4v) is 4.55. The van der Waals surface area contributed by atoms with Gasteiger partial charge in [0.15, 0.2) is 0 Å². The van der Waals surface area contributed by atoms with Crippen molar-refractivity contribution < 1.29 is 9.53 Å². The van der Waals surface area contributed by atoms with Gasteiger partial charge in [0.05, 0.1) is 19.1 Å². The van der Waals surface area contributed by atoms with Crippen molar-refractivity contribution in [3.63, 3.8) is 0 Å². The van der Waals surface area contributed by atoms with Crippen LogP contribution in [-0.2, 0) is 9.53 Å². The molecule has 5 nitrogen and oxygen atoms in total. The van der Waals surface area contributed by atoms with Crippen LogP contribution in [0, 0.1) is 6.92 Å². The third kappa shape index (κ3) is 5.47. The summed E-state index contributed by atoms with van der Waals surface area (Å²) in [6, 6.07) is 28.9. The first-order valence-electron chi connectivity index (χ1n) is 12.4. The SMILES string of the molecule is Cc1cc(-c2ccc(NC(=O)[C@@H](C)c3cccc(-c4ccc(N5CCOCC5)cc4)c3)cc2)ccn1. The number of nitrogens with zero attached hydrogens (tertiary/aromatic N) is 2. The second-order valence-corrected chi connectivity index (χ2v) is 9.25. The fourth-order valence-electron chi connectivity index (χ4n) is 4.55. The number of ether oxygens (including phenoxy) is 1. The number of amides is 1. The number of aryl methyl sites for hydroxylation is 1. The number of morpholine rings is 1. The van der Waals surface area contributed by atoms with E-state index in [9.17, 15) is 4.79 Å². The van der Waals surface area contributed by atoms with Gasteiger partial charge in [-0.3, -0.25) is 9.78 Å². The van der Waals surface area contributed by atoms with Crippen molar-refractivity contribution in [2.24, 2.45) is 0 Å². The summed E-state index contributed by atoms with van der Waals surface area (Å²) < 4.78 is 5.46. The van der Waals surface area contributed by atoms with Crippen molar-refractivity contribution in [3.05, 3.63) is 102 Å². The Kier molecular flexibility index (Phi) is 7.10. The van der Waals surface area contributed by atoms with E-state index in [1.165, 1.54) is 5.69 Å². The molecule has 1 N–H and O–H groups in total. The summed E-state index contributed by atoms with van der Waals surface area (Å²) in [6.07, 6.45) is 1.81. The van der Waals surface area contributed by atoms with Crippen molar-refractivity contribution in [3.8, 4) is 22.3 Å². The van der Waals surface area contributed by atoms with Crippen LogP contribution in [-0.4, -0.2) is 37.2 Å². The smallest absolute Gasteiger partial charge is 0.231 e. The maximum absolute atomic E-state index is 13.0. The number of pyridine rings is 1. The maximum Gasteiger partial charge on any atom is 0.231 e. The zero-order valence-corrected chi connectivity index (χ0v) is 20.8. The predicted molar refractivity (Wildman–Crippen MR) is 146 cm³/mol. The van der Waals surface area contributed by atoms with Crippen molar-refractivity contribution >= 4 is 17.3 Å². The molecule has 0 aliphatic carbocycles. The zero-order valence-electron chi connectivity index (χ0n) is 20.8. The highest BCUT2D eigenvalue weighted by atomic mass is 16.5. The molecule has 0 spiro atoms. The summed E-state index contributed by atoms with van der Waals surface area (Å²) in [5.74, 6) is -0.303. The van der Waals surface area contributed by atoms with Gasteiger partial charge in [0.1, 0.15) is 0 Å². The summed E-state index contributed by atoms with van der Waals surface area (Å²) in [5.41, 5.74) is 8.44. The Morgan fingerprint density at radius 2 is 1.53 bits per heavy atom. The number of benzene rings is 3. The highest BCUT2D eigenvalue weighted by Crippen LogP contribution is 2.28. The summed E-state index contributed by atoms with van der Waals surface area (Å²) >= 11 is 0. The third-order valence-electron chi connectivity index (χ3n) is 6.74. The van der Waals surface area contributed by atoms with Gasteiger partial charge in [-0.05, 0) is 78.1 Å². The first kappa shape index (κ1) is 23.8. The topological polar surface area (TPSA) is 54.5 Å². The summed E-state index contributed by atoms with van der Waals surface area (Å²) in [6.45, 7) is 7.33. The Balaban J connectivity index is 1.26. The molecule has 1 fully saturated rings. The Morgan fingerprint density at radius 1 is 0.861 bits per heavy atom. The standard InChI is InChI=1S/C31H31N3O2/c1-22-20-28(14-15-32-22)24-6-10-29(11-7-24)33-31(35)23(2)26-4-3-5-27(21-26)25-8-12-30(13-9-25)34-16-18-36-19-17-34/h3-15,20-21,23H,16-19H2,1-2H3,(H,33,35)/t23-/m0/s1. The number of aromatic nitrogens is 1. The lowest BCUT2D eigenvalue weighted by molar-refractivity contribution is -0.117. The molecule has 0 radical (unpaired) electrons. The number of nitrogens with one attached hydrogen (secondary N) is 1. The van der Waals surface area contributed by atoms with E-state index in [1.807, 2.05) is 62.5 Å². The molecular weight excluding hydrogens is 446 g/mol. The first-order valence-corrected chi connectivity index (χ1v) is 12.4. The molecule has 0 unspecified atom stereocenters. The first-order chi connectivity index (χ1) is 17.6. The summed E-state index contributed by atoms with van der Waals surface area (Å²) in [4.78, 5) is 19.6. The largest absolute Gasteiger partial charge is 0.378 e. The van der Waals surface area contributed by atoms with Crippen LogP contribution in [0.3, 0.4) is 0 Å². The van der Waals surface area contributed by atoms with Gasteiger partial charge in [-0.25, -0.2) is 0 Å². The molecule has 1 aromatic heterocycles. The van der Waals surface area contributed by atoms with Gasteiger partial charge in [-0.2, -0.15) is 0 Å². The molecule has 0 bridgehead atoms. The highest BCUT2D eigenvalue weighted by molar-refractivity contribution is 5.96. The molecule has 36 heavy (non-hydrogen) atoms. The quantitative estimate of drug-likeness (QED) is 0.354. The van der Waals surface area contributed by atoms with Crippen LogP contribution in [0.25, 0.3) is 22.3 Å². The van der Waals surface area contributed by atoms with Gasteiger partial charge in [-0.1, -0.05) is 48.5 Å². The van der Waals surface area contributed by atoms with Crippen molar-refractivity contribution in [2.75, 3.05) is 36.5 Å².